The fraction of sp³-hybridized carbons (Fsp3) is 0.200. The molecule has 0 aliphatic rings. The van der Waals surface area contributed by atoms with Gasteiger partial charge in [-0.15, -0.1) is 0 Å². The number of amides is 1. The molecule has 0 aliphatic carbocycles. The summed E-state index contributed by atoms with van der Waals surface area (Å²) >= 11 is 0. The van der Waals surface area contributed by atoms with Gasteiger partial charge < -0.3 is 15.2 Å². The van der Waals surface area contributed by atoms with Crippen molar-refractivity contribution >= 4 is 12.1 Å². The Balaban J connectivity index is 1.77. The average Bonchev–Trinajstić information content (AvgIpc) is 2.63. The molecule has 1 amide bonds. The number of carbonyl (C=O) groups excluding carboxylic acids is 1. The van der Waals surface area contributed by atoms with E-state index in [2.05, 4.69) is 17.2 Å². The van der Waals surface area contributed by atoms with E-state index in [9.17, 15) is 14.0 Å². The van der Waals surface area contributed by atoms with E-state index in [4.69, 9.17) is 9.84 Å². The van der Waals surface area contributed by atoms with Crippen LogP contribution in [0.2, 0.25) is 0 Å². The lowest BCUT2D eigenvalue weighted by Crippen LogP contribution is -2.24. The van der Waals surface area contributed by atoms with Gasteiger partial charge in [0.05, 0.1) is 6.54 Å². The van der Waals surface area contributed by atoms with Crippen LogP contribution in [0.15, 0.2) is 48.5 Å². The normalized spacial score (nSPS) is 9.73. The predicted molar refractivity (Wildman–Crippen MR) is 93.9 cm³/mol. The predicted octanol–water partition coefficient (Wildman–Crippen LogP) is 3.12. The molecule has 0 spiro atoms. The fourth-order valence-electron chi connectivity index (χ4n) is 2.11. The van der Waals surface area contributed by atoms with Crippen molar-refractivity contribution in [3.05, 3.63) is 71.0 Å². The van der Waals surface area contributed by atoms with Crippen molar-refractivity contribution in [3.8, 4) is 11.8 Å². The van der Waals surface area contributed by atoms with Crippen molar-refractivity contribution in [3.63, 3.8) is 0 Å². The number of alkyl carbamates (subject to hydrolysis) is 1. The molecule has 2 aromatic rings. The van der Waals surface area contributed by atoms with Crippen LogP contribution >= 0.6 is 0 Å². The number of nitrogens with one attached hydrogen (secondary N) is 1. The van der Waals surface area contributed by atoms with Gasteiger partial charge >= 0.3 is 12.1 Å². The van der Waals surface area contributed by atoms with Crippen LogP contribution in [-0.2, 0) is 22.6 Å². The van der Waals surface area contributed by atoms with Gasteiger partial charge in [0.15, 0.2) is 0 Å². The van der Waals surface area contributed by atoms with Crippen LogP contribution in [0.4, 0.5) is 9.18 Å². The van der Waals surface area contributed by atoms with Crippen molar-refractivity contribution in [2.24, 2.45) is 0 Å². The summed E-state index contributed by atoms with van der Waals surface area (Å²) in [7, 11) is 0. The highest BCUT2D eigenvalue weighted by atomic mass is 19.1. The molecule has 6 heteroatoms. The van der Waals surface area contributed by atoms with Gasteiger partial charge in [-0.25, -0.2) is 9.18 Å². The third kappa shape index (κ3) is 6.65. The molecule has 0 saturated heterocycles. The van der Waals surface area contributed by atoms with Crippen LogP contribution in [0.5, 0.6) is 0 Å². The number of aryl methyl sites for hydroxylation is 1. The van der Waals surface area contributed by atoms with Gasteiger partial charge in [-0.3, -0.25) is 4.79 Å². The van der Waals surface area contributed by atoms with E-state index >= 15 is 0 Å². The minimum Gasteiger partial charge on any atom is -0.481 e. The molecule has 0 heterocycles. The van der Waals surface area contributed by atoms with Gasteiger partial charge in [0.2, 0.25) is 0 Å². The molecule has 0 aromatic heterocycles. The summed E-state index contributed by atoms with van der Waals surface area (Å²) in [5.41, 5.74) is 1.66. The second-order valence-corrected chi connectivity index (χ2v) is 5.42. The summed E-state index contributed by atoms with van der Waals surface area (Å²) < 4.78 is 18.9. The molecule has 0 fully saturated rings. The van der Waals surface area contributed by atoms with Crippen LogP contribution in [0, 0.1) is 17.7 Å². The molecular formula is C20H18FNO4. The molecule has 0 saturated carbocycles. The minimum absolute atomic E-state index is 0.0655. The maximum atomic E-state index is 13.8. The van der Waals surface area contributed by atoms with E-state index in [1.165, 1.54) is 12.1 Å². The standard InChI is InChI=1S/C20H18FNO4/c21-18-13-15(8-9-17(18)10-11-19(23)24)7-4-12-22-20(25)26-14-16-5-2-1-3-6-16/h1-3,5-6,8-9,13H,10-12,14H2,(H,22,25)(H,23,24). The molecule has 0 bridgehead atoms. The van der Waals surface area contributed by atoms with Crippen molar-refractivity contribution < 1.29 is 23.8 Å². The van der Waals surface area contributed by atoms with E-state index in [1.54, 1.807) is 6.07 Å². The summed E-state index contributed by atoms with van der Waals surface area (Å²) in [4.78, 5) is 22.1. The number of benzene rings is 2. The zero-order valence-corrected chi connectivity index (χ0v) is 14.0. The number of ether oxygens (including phenoxy) is 1. The molecule has 5 nitrogen and oxygen atoms in total. The van der Waals surface area contributed by atoms with E-state index in [1.807, 2.05) is 30.3 Å². The Labute approximate surface area is 150 Å². The average molecular weight is 355 g/mol. The van der Waals surface area contributed by atoms with Crippen molar-refractivity contribution in [2.75, 3.05) is 6.54 Å². The molecule has 26 heavy (non-hydrogen) atoms. The number of hydrogen-bond acceptors (Lipinski definition) is 3. The second kappa shape index (κ2) is 9.84. The Kier molecular flexibility index (Phi) is 7.19. The first-order valence-corrected chi connectivity index (χ1v) is 7.98. The Bertz CT molecular complexity index is 825. The minimum atomic E-state index is -0.974. The largest absolute Gasteiger partial charge is 0.481 e. The number of carboxylic acid groups (broad SMARTS) is 1. The fourth-order valence-corrected chi connectivity index (χ4v) is 2.11. The zero-order chi connectivity index (χ0) is 18.8. The topological polar surface area (TPSA) is 75.6 Å². The SMILES string of the molecule is O=C(O)CCc1ccc(C#CCNC(=O)OCc2ccccc2)cc1F. The van der Waals surface area contributed by atoms with Gasteiger partial charge in [0.1, 0.15) is 12.4 Å². The molecule has 0 aliphatic heterocycles. The van der Waals surface area contributed by atoms with Gasteiger partial charge in [-0.2, -0.15) is 0 Å². The number of carboxylic acids is 1. The summed E-state index contributed by atoms with van der Waals surface area (Å²) in [5.74, 6) is 3.97. The lowest BCUT2D eigenvalue weighted by molar-refractivity contribution is -0.136. The third-order valence-electron chi connectivity index (χ3n) is 3.43. The van der Waals surface area contributed by atoms with Crippen molar-refractivity contribution in [1.29, 1.82) is 0 Å². The summed E-state index contributed by atoms with van der Waals surface area (Å²) in [5, 5.41) is 11.1. The Morgan fingerprint density at radius 1 is 1.15 bits per heavy atom. The van der Waals surface area contributed by atoms with Gasteiger partial charge in [0.25, 0.3) is 0 Å². The Hall–Kier alpha value is -3.33. The molecule has 0 unspecified atom stereocenters. The zero-order valence-electron chi connectivity index (χ0n) is 14.0. The highest BCUT2D eigenvalue weighted by Crippen LogP contribution is 2.12. The first-order chi connectivity index (χ1) is 12.5. The molecule has 2 aromatic carbocycles. The van der Waals surface area contributed by atoms with Crippen molar-refractivity contribution in [2.45, 2.75) is 19.4 Å². The maximum absolute atomic E-state index is 13.8. The molecule has 2 N–H and O–H groups in total. The van der Waals surface area contributed by atoms with Crippen molar-refractivity contribution in [1.82, 2.24) is 5.32 Å². The molecular weight excluding hydrogens is 337 g/mol. The van der Waals surface area contributed by atoms with E-state index in [0.717, 1.165) is 5.56 Å². The number of rotatable bonds is 6. The van der Waals surface area contributed by atoms with Gasteiger partial charge in [-0.1, -0.05) is 48.2 Å². The molecule has 2 rings (SSSR count). The number of carbonyl (C=O) groups is 2. The molecule has 0 atom stereocenters. The van der Waals surface area contributed by atoms with Crippen LogP contribution in [0.3, 0.4) is 0 Å². The first-order valence-electron chi connectivity index (χ1n) is 7.98. The molecule has 134 valence electrons. The van der Waals surface area contributed by atoms with Crippen LogP contribution in [-0.4, -0.2) is 23.7 Å². The van der Waals surface area contributed by atoms with Gasteiger partial charge in [0, 0.05) is 12.0 Å². The first kappa shape index (κ1) is 19.0. The third-order valence-corrected chi connectivity index (χ3v) is 3.43. The summed E-state index contributed by atoms with van der Waals surface area (Å²) in [6, 6.07) is 13.7. The monoisotopic (exact) mass is 355 g/mol. The molecule has 0 radical (unpaired) electrons. The Morgan fingerprint density at radius 3 is 2.62 bits per heavy atom. The summed E-state index contributed by atoms with van der Waals surface area (Å²) in [6.45, 7) is 0.235. The number of halogens is 1. The highest BCUT2D eigenvalue weighted by molar-refractivity contribution is 5.67. The quantitative estimate of drug-likeness (QED) is 0.781. The maximum Gasteiger partial charge on any atom is 0.408 e. The lowest BCUT2D eigenvalue weighted by atomic mass is 10.1. The number of aliphatic carboxylic acids is 1. The van der Waals surface area contributed by atoms with Crippen LogP contribution < -0.4 is 5.32 Å². The smallest absolute Gasteiger partial charge is 0.408 e. The Morgan fingerprint density at radius 2 is 1.92 bits per heavy atom. The van der Waals surface area contributed by atoms with E-state index < -0.39 is 17.9 Å². The van der Waals surface area contributed by atoms with E-state index in [-0.39, 0.29) is 26.0 Å². The number of hydrogen-bond donors (Lipinski definition) is 2. The van der Waals surface area contributed by atoms with E-state index in [0.29, 0.717) is 11.1 Å². The van der Waals surface area contributed by atoms with Crippen LogP contribution in [0.1, 0.15) is 23.1 Å². The lowest BCUT2D eigenvalue weighted by Gasteiger charge is -2.04. The van der Waals surface area contributed by atoms with Gasteiger partial charge in [-0.05, 0) is 29.7 Å². The second-order valence-electron chi connectivity index (χ2n) is 5.42. The van der Waals surface area contributed by atoms with Crippen LogP contribution in [0.25, 0.3) is 0 Å². The highest BCUT2D eigenvalue weighted by Gasteiger charge is 2.05. The summed E-state index contributed by atoms with van der Waals surface area (Å²) in [6.07, 6.45) is -0.584.